The molecule has 82 valence electrons. The van der Waals surface area contributed by atoms with Gasteiger partial charge in [-0.3, -0.25) is 0 Å². The van der Waals surface area contributed by atoms with Crippen molar-refractivity contribution in [1.29, 1.82) is 0 Å². The largest absolute Gasteiger partial charge is 0.465 e. The number of rotatable bonds is 2. The molecule has 0 aromatic carbocycles. The van der Waals surface area contributed by atoms with Crippen molar-refractivity contribution in [2.45, 2.75) is 25.6 Å². The Hall–Kier alpha value is -0.810. The highest BCUT2D eigenvalue weighted by molar-refractivity contribution is 5.65. The lowest BCUT2D eigenvalue weighted by atomic mass is 10.00. The highest BCUT2D eigenvalue weighted by Gasteiger charge is 2.35. The zero-order valence-corrected chi connectivity index (χ0v) is 8.82. The van der Waals surface area contributed by atoms with Crippen LogP contribution in [0.15, 0.2) is 0 Å². The van der Waals surface area contributed by atoms with Crippen molar-refractivity contribution in [2.24, 2.45) is 0 Å². The van der Waals surface area contributed by atoms with Gasteiger partial charge in [-0.2, -0.15) is 0 Å². The number of amides is 1. The van der Waals surface area contributed by atoms with Gasteiger partial charge in [0.25, 0.3) is 0 Å². The summed E-state index contributed by atoms with van der Waals surface area (Å²) in [5.74, 6) is 0. The third-order valence-electron chi connectivity index (χ3n) is 2.64. The fraction of sp³-hybridized carbons (Fsp3) is 0.889. The maximum atomic E-state index is 10.7. The van der Waals surface area contributed by atoms with E-state index in [0.29, 0.717) is 19.7 Å². The van der Waals surface area contributed by atoms with E-state index < -0.39 is 11.7 Å². The molecule has 1 saturated heterocycles. The number of hydrogen-bond donors (Lipinski definition) is 1. The lowest BCUT2D eigenvalue weighted by Crippen LogP contribution is -2.53. The van der Waals surface area contributed by atoms with E-state index in [4.69, 9.17) is 14.6 Å². The van der Waals surface area contributed by atoms with E-state index in [1.54, 1.807) is 7.11 Å². The minimum Gasteiger partial charge on any atom is -0.465 e. The van der Waals surface area contributed by atoms with Crippen molar-refractivity contribution in [3.05, 3.63) is 0 Å². The standard InChI is InChI=1S/C9H17NO4/c1-9(2,13-3)7-6-10(8(11)12)4-5-14-7/h7H,4-6H2,1-3H3,(H,11,12). The number of carbonyl (C=O) groups is 1. The number of carboxylic acid groups (broad SMARTS) is 1. The van der Waals surface area contributed by atoms with E-state index in [-0.39, 0.29) is 6.10 Å². The molecule has 1 N–H and O–H groups in total. The molecule has 0 aromatic heterocycles. The van der Waals surface area contributed by atoms with Crippen LogP contribution < -0.4 is 0 Å². The normalized spacial score (nSPS) is 23.6. The van der Waals surface area contributed by atoms with Crippen LogP contribution in [0.5, 0.6) is 0 Å². The van der Waals surface area contributed by atoms with E-state index in [9.17, 15) is 4.79 Å². The summed E-state index contributed by atoms with van der Waals surface area (Å²) in [6.07, 6.45) is -1.09. The van der Waals surface area contributed by atoms with Gasteiger partial charge < -0.3 is 19.5 Å². The van der Waals surface area contributed by atoms with Gasteiger partial charge in [-0.25, -0.2) is 4.79 Å². The van der Waals surface area contributed by atoms with E-state index in [0.717, 1.165) is 0 Å². The van der Waals surface area contributed by atoms with E-state index in [1.807, 2.05) is 13.8 Å². The number of morpholine rings is 1. The van der Waals surface area contributed by atoms with Crippen molar-refractivity contribution in [3.8, 4) is 0 Å². The smallest absolute Gasteiger partial charge is 0.407 e. The highest BCUT2D eigenvalue weighted by atomic mass is 16.5. The van der Waals surface area contributed by atoms with Crippen LogP contribution in [0.3, 0.4) is 0 Å². The van der Waals surface area contributed by atoms with Gasteiger partial charge in [0.1, 0.15) is 6.10 Å². The fourth-order valence-corrected chi connectivity index (χ4v) is 1.38. The summed E-state index contributed by atoms with van der Waals surface area (Å²) < 4.78 is 10.7. The first kappa shape index (κ1) is 11.3. The van der Waals surface area contributed by atoms with Crippen LogP contribution in [0.4, 0.5) is 4.79 Å². The summed E-state index contributed by atoms with van der Waals surface area (Å²) in [6.45, 7) is 5.03. The molecule has 5 heteroatoms. The van der Waals surface area contributed by atoms with Crippen molar-refractivity contribution < 1.29 is 19.4 Å². The molecule has 0 radical (unpaired) electrons. The molecule has 0 aliphatic carbocycles. The first-order valence-electron chi connectivity index (χ1n) is 4.62. The zero-order chi connectivity index (χ0) is 10.8. The molecule has 0 spiro atoms. The predicted molar refractivity (Wildman–Crippen MR) is 50.4 cm³/mol. The quantitative estimate of drug-likeness (QED) is 0.720. The van der Waals surface area contributed by atoms with Crippen molar-refractivity contribution >= 4 is 6.09 Å². The van der Waals surface area contributed by atoms with E-state index >= 15 is 0 Å². The third-order valence-corrected chi connectivity index (χ3v) is 2.64. The van der Waals surface area contributed by atoms with Gasteiger partial charge in [-0.1, -0.05) is 0 Å². The molecule has 1 unspecified atom stereocenters. The van der Waals surface area contributed by atoms with Gasteiger partial charge in [-0.15, -0.1) is 0 Å². The van der Waals surface area contributed by atoms with Crippen LogP contribution in [0.2, 0.25) is 0 Å². The van der Waals surface area contributed by atoms with Crippen LogP contribution in [0.1, 0.15) is 13.8 Å². The summed E-state index contributed by atoms with van der Waals surface area (Å²) >= 11 is 0. The molecular formula is C9H17NO4. The topological polar surface area (TPSA) is 59.0 Å². The van der Waals surface area contributed by atoms with Crippen molar-refractivity contribution in [2.75, 3.05) is 26.8 Å². The van der Waals surface area contributed by atoms with E-state index in [1.165, 1.54) is 4.90 Å². The first-order chi connectivity index (χ1) is 6.47. The molecule has 5 nitrogen and oxygen atoms in total. The maximum absolute atomic E-state index is 10.7. The molecule has 1 heterocycles. The number of hydrogen-bond acceptors (Lipinski definition) is 3. The molecule has 14 heavy (non-hydrogen) atoms. The number of nitrogens with zero attached hydrogens (tertiary/aromatic N) is 1. The van der Waals surface area contributed by atoms with Crippen LogP contribution >= 0.6 is 0 Å². The average Bonchev–Trinajstić information content (AvgIpc) is 2.18. The molecule has 1 aliphatic rings. The van der Waals surface area contributed by atoms with Crippen LogP contribution in [-0.4, -0.2) is 54.6 Å². The highest BCUT2D eigenvalue weighted by Crippen LogP contribution is 2.20. The molecule has 0 bridgehead atoms. The predicted octanol–water partition coefficient (Wildman–Crippen LogP) is 0.790. The summed E-state index contributed by atoms with van der Waals surface area (Å²) in [6, 6.07) is 0. The number of methoxy groups -OCH3 is 1. The maximum Gasteiger partial charge on any atom is 0.407 e. The molecular weight excluding hydrogens is 186 g/mol. The Labute approximate surface area is 83.6 Å². The molecule has 0 aromatic rings. The Morgan fingerprint density at radius 2 is 2.29 bits per heavy atom. The summed E-state index contributed by atoms with van der Waals surface area (Å²) in [5, 5.41) is 8.82. The molecule has 0 saturated carbocycles. The Bertz CT molecular complexity index is 217. The minimum atomic E-state index is -0.898. The Balaban J connectivity index is 2.60. The lowest BCUT2D eigenvalue weighted by molar-refractivity contribution is -0.137. The fourth-order valence-electron chi connectivity index (χ4n) is 1.38. The van der Waals surface area contributed by atoms with Gasteiger partial charge >= 0.3 is 6.09 Å². The van der Waals surface area contributed by atoms with Crippen LogP contribution in [-0.2, 0) is 9.47 Å². The SMILES string of the molecule is COC(C)(C)C1CN(C(=O)O)CCO1. The molecule has 1 rings (SSSR count). The average molecular weight is 203 g/mol. The minimum absolute atomic E-state index is 0.197. The Kier molecular flexibility index (Phi) is 3.34. The summed E-state index contributed by atoms with van der Waals surface area (Å²) in [4.78, 5) is 12.1. The zero-order valence-electron chi connectivity index (χ0n) is 8.82. The van der Waals surface area contributed by atoms with Crippen LogP contribution in [0.25, 0.3) is 0 Å². The third kappa shape index (κ3) is 2.36. The van der Waals surface area contributed by atoms with Gasteiger partial charge in [0.2, 0.25) is 0 Å². The molecule has 1 atom stereocenters. The Morgan fingerprint density at radius 1 is 1.64 bits per heavy atom. The van der Waals surface area contributed by atoms with Gasteiger partial charge in [0, 0.05) is 13.7 Å². The first-order valence-corrected chi connectivity index (χ1v) is 4.62. The van der Waals surface area contributed by atoms with Crippen molar-refractivity contribution in [1.82, 2.24) is 4.90 Å². The molecule has 1 amide bonds. The second kappa shape index (κ2) is 4.14. The molecule has 1 fully saturated rings. The van der Waals surface area contributed by atoms with Crippen molar-refractivity contribution in [3.63, 3.8) is 0 Å². The monoisotopic (exact) mass is 203 g/mol. The van der Waals surface area contributed by atoms with E-state index in [2.05, 4.69) is 0 Å². The second-order valence-electron chi connectivity index (χ2n) is 3.90. The lowest BCUT2D eigenvalue weighted by Gasteiger charge is -2.39. The number of ether oxygens (including phenoxy) is 2. The van der Waals surface area contributed by atoms with Gasteiger partial charge in [0.05, 0.1) is 18.8 Å². The second-order valence-corrected chi connectivity index (χ2v) is 3.90. The van der Waals surface area contributed by atoms with Gasteiger partial charge in [0.15, 0.2) is 0 Å². The van der Waals surface area contributed by atoms with Gasteiger partial charge in [-0.05, 0) is 13.8 Å². The van der Waals surface area contributed by atoms with Crippen LogP contribution in [0, 0.1) is 0 Å². The Morgan fingerprint density at radius 3 is 2.79 bits per heavy atom. The summed E-state index contributed by atoms with van der Waals surface area (Å²) in [7, 11) is 1.60. The molecule has 1 aliphatic heterocycles. The summed E-state index contributed by atoms with van der Waals surface area (Å²) in [5.41, 5.74) is -0.450.